The van der Waals surface area contributed by atoms with E-state index in [-0.39, 0.29) is 30.5 Å². The zero-order valence-electron chi connectivity index (χ0n) is 9.52. The van der Waals surface area contributed by atoms with Crippen molar-refractivity contribution in [3.8, 4) is 0 Å². The summed E-state index contributed by atoms with van der Waals surface area (Å²) in [5.74, 6) is -0.0542. The van der Waals surface area contributed by atoms with Gasteiger partial charge in [0.1, 0.15) is 5.76 Å². The smallest absolute Gasteiger partial charge is 0.307 e. The van der Waals surface area contributed by atoms with Crippen LogP contribution in [0.5, 0.6) is 0 Å². The van der Waals surface area contributed by atoms with Crippen LogP contribution in [0.1, 0.15) is 22.7 Å². The van der Waals surface area contributed by atoms with Crippen LogP contribution in [0.4, 0.5) is 0 Å². The Balaban J connectivity index is 2.51. The molecule has 0 spiro atoms. The van der Waals surface area contributed by atoms with Crippen LogP contribution in [0.2, 0.25) is 0 Å². The third kappa shape index (κ3) is 3.08. The van der Waals surface area contributed by atoms with Gasteiger partial charge in [-0.3, -0.25) is 9.59 Å². The van der Waals surface area contributed by atoms with Gasteiger partial charge in [0.25, 0.3) is 5.91 Å². The Labute approximate surface area is 93.1 Å². The van der Waals surface area contributed by atoms with Crippen molar-refractivity contribution < 1.29 is 18.8 Å². The second-order valence-electron chi connectivity index (χ2n) is 3.38. The van der Waals surface area contributed by atoms with Gasteiger partial charge in [-0.25, -0.2) is 0 Å². The van der Waals surface area contributed by atoms with Gasteiger partial charge in [-0.1, -0.05) is 5.16 Å². The lowest BCUT2D eigenvalue weighted by Crippen LogP contribution is -2.29. The number of aromatic nitrogens is 1. The number of methoxy groups -OCH3 is 1. The van der Waals surface area contributed by atoms with Crippen molar-refractivity contribution >= 4 is 11.9 Å². The average Bonchev–Trinajstić information content (AvgIpc) is 2.71. The molecule has 6 nitrogen and oxygen atoms in total. The molecule has 0 saturated carbocycles. The molecule has 1 heterocycles. The van der Waals surface area contributed by atoms with Crippen LogP contribution in [0.15, 0.2) is 10.6 Å². The number of amides is 1. The number of rotatable bonds is 4. The molecule has 0 saturated heterocycles. The predicted molar refractivity (Wildman–Crippen MR) is 54.8 cm³/mol. The zero-order chi connectivity index (χ0) is 12.1. The monoisotopic (exact) mass is 226 g/mol. The summed E-state index contributed by atoms with van der Waals surface area (Å²) < 4.78 is 9.27. The molecule has 0 unspecified atom stereocenters. The Morgan fingerprint density at radius 1 is 1.56 bits per heavy atom. The molecule has 0 aliphatic heterocycles. The molecule has 0 aromatic carbocycles. The fourth-order valence-electron chi connectivity index (χ4n) is 1.13. The van der Waals surface area contributed by atoms with Crippen LogP contribution in [0.3, 0.4) is 0 Å². The number of nitrogens with zero attached hydrogens (tertiary/aromatic N) is 2. The molecule has 0 fully saturated rings. The molecule has 88 valence electrons. The van der Waals surface area contributed by atoms with Crippen molar-refractivity contribution in [2.75, 3.05) is 20.7 Å². The van der Waals surface area contributed by atoms with Crippen molar-refractivity contribution in [3.05, 3.63) is 17.5 Å². The molecule has 1 aromatic rings. The first-order chi connectivity index (χ1) is 7.54. The highest BCUT2D eigenvalue weighted by atomic mass is 16.5. The maximum atomic E-state index is 11.7. The molecule has 0 radical (unpaired) electrons. The van der Waals surface area contributed by atoms with Crippen LogP contribution in [0.25, 0.3) is 0 Å². The average molecular weight is 226 g/mol. The summed E-state index contributed by atoms with van der Waals surface area (Å²) in [5.41, 5.74) is 0.241. The van der Waals surface area contributed by atoms with E-state index in [0.29, 0.717) is 5.76 Å². The third-order valence-electron chi connectivity index (χ3n) is 2.07. The molecule has 0 aliphatic rings. The Bertz CT molecular complexity index is 386. The summed E-state index contributed by atoms with van der Waals surface area (Å²) in [6, 6.07) is 1.55. The molecule has 1 amide bonds. The Hall–Kier alpha value is -1.85. The quantitative estimate of drug-likeness (QED) is 0.703. The molecule has 0 N–H and O–H groups in total. The molecule has 0 aliphatic carbocycles. The van der Waals surface area contributed by atoms with Gasteiger partial charge in [-0.2, -0.15) is 0 Å². The van der Waals surface area contributed by atoms with Gasteiger partial charge in [0.15, 0.2) is 5.69 Å². The van der Waals surface area contributed by atoms with Gasteiger partial charge in [-0.05, 0) is 6.92 Å². The van der Waals surface area contributed by atoms with E-state index in [1.54, 1.807) is 20.0 Å². The first kappa shape index (κ1) is 12.2. The second kappa shape index (κ2) is 5.29. The standard InChI is InChI=1S/C10H14N2O4/c1-7-6-8(11-16-7)10(14)12(2)5-4-9(13)15-3/h6H,4-5H2,1-3H3. The minimum atomic E-state index is -0.351. The number of aryl methyl sites for hydroxylation is 1. The maximum absolute atomic E-state index is 11.7. The van der Waals surface area contributed by atoms with Gasteiger partial charge in [-0.15, -0.1) is 0 Å². The Morgan fingerprint density at radius 3 is 2.75 bits per heavy atom. The van der Waals surface area contributed by atoms with Crippen LogP contribution in [-0.4, -0.2) is 42.6 Å². The van der Waals surface area contributed by atoms with Crippen LogP contribution in [-0.2, 0) is 9.53 Å². The van der Waals surface area contributed by atoms with Crippen LogP contribution in [0, 0.1) is 6.92 Å². The number of ether oxygens (including phenoxy) is 1. The molecule has 6 heteroatoms. The molecule has 16 heavy (non-hydrogen) atoms. The number of carbonyl (C=O) groups is 2. The first-order valence-electron chi connectivity index (χ1n) is 4.80. The number of carbonyl (C=O) groups excluding carboxylic acids is 2. The van der Waals surface area contributed by atoms with Gasteiger partial charge in [0.2, 0.25) is 0 Å². The highest BCUT2D eigenvalue weighted by Gasteiger charge is 2.16. The molecular weight excluding hydrogens is 212 g/mol. The minimum absolute atomic E-state index is 0.162. The number of hydrogen-bond donors (Lipinski definition) is 0. The molecule has 1 rings (SSSR count). The molecular formula is C10H14N2O4. The van der Waals surface area contributed by atoms with E-state index in [0.717, 1.165) is 0 Å². The Morgan fingerprint density at radius 2 is 2.25 bits per heavy atom. The lowest BCUT2D eigenvalue weighted by atomic mass is 10.3. The fraction of sp³-hybridized carbons (Fsp3) is 0.500. The first-order valence-corrected chi connectivity index (χ1v) is 4.80. The summed E-state index contributed by atoms with van der Waals surface area (Å²) in [7, 11) is 2.90. The van der Waals surface area contributed by atoms with Gasteiger partial charge in [0.05, 0.1) is 13.5 Å². The Kier molecular flexibility index (Phi) is 4.04. The lowest BCUT2D eigenvalue weighted by Gasteiger charge is -2.14. The van der Waals surface area contributed by atoms with Crippen LogP contribution >= 0.6 is 0 Å². The largest absolute Gasteiger partial charge is 0.469 e. The zero-order valence-corrected chi connectivity index (χ0v) is 9.52. The summed E-state index contributed by atoms with van der Waals surface area (Å²) in [6.45, 7) is 2.00. The van der Waals surface area contributed by atoms with Crippen molar-refractivity contribution in [3.63, 3.8) is 0 Å². The van der Waals surface area contributed by atoms with Crippen molar-refractivity contribution in [2.45, 2.75) is 13.3 Å². The molecule has 1 aromatic heterocycles. The molecule has 0 atom stereocenters. The summed E-state index contributed by atoms with van der Waals surface area (Å²) >= 11 is 0. The maximum Gasteiger partial charge on any atom is 0.307 e. The summed E-state index contributed by atoms with van der Waals surface area (Å²) in [5, 5.41) is 3.60. The van der Waals surface area contributed by atoms with E-state index < -0.39 is 0 Å². The van der Waals surface area contributed by atoms with E-state index >= 15 is 0 Å². The van der Waals surface area contributed by atoms with E-state index in [1.165, 1.54) is 12.0 Å². The van der Waals surface area contributed by atoms with Crippen LogP contribution < -0.4 is 0 Å². The van der Waals surface area contributed by atoms with Gasteiger partial charge >= 0.3 is 5.97 Å². The van der Waals surface area contributed by atoms with E-state index in [1.807, 2.05) is 0 Å². The molecule has 0 bridgehead atoms. The van der Waals surface area contributed by atoms with E-state index in [4.69, 9.17) is 4.52 Å². The topological polar surface area (TPSA) is 72.6 Å². The van der Waals surface area contributed by atoms with E-state index in [2.05, 4.69) is 9.89 Å². The van der Waals surface area contributed by atoms with E-state index in [9.17, 15) is 9.59 Å². The number of esters is 1. The van der Waals surface area contributed by atoms with Crippen molar-refractivity contribution in [1.82, 2.24) is 10.1 Å². The normalized spacial score (nSPS) is 9.94. The minimum Gasteiger partial charge on any atom is -0.469 e. The van der Waals surface area contributed by atoms with Crippen molar-refractivity contribution in [2.24, 2.45) is 0 Å². The highest BCUT2D eigenvalue weighted by molar-refractivity contribution is 5.92. The summed E-state index contributed by atoms with van der Waals surface area (Å²) in [6.07, 6.45) is 0.162. The lowest BCUT2D eigenvalue weighted by molar-refractivity contribution is -0.140. The second-order valence-corrected chi connectivity index (χ2v) is 3.38. The van der Waals surface area contributed by atoms with Gasteiger partial charge in [0, 0.05) is 19.7 Å². The highest BCUT2D eigenvalue weighted by Crippen LogP contribution is 2.05. The number of hydrogen-bond acceptors (Lipinski definition) is 5. The van der Waals surface area contributed by atoms with Crippen molar-refractivity contribution in [1.29, 1.82) is 0 Å². The fourth-order valence-corrected chi connectivity index (χ4v) is 1.13. The summed E-state index contributed by atoms with van der Waals surface area (Å²) in [4.78, 5) is 24.0. The van der Waals surface area contributed by atoms with Gasteiger partial charge < -0.3 is 14.2 Å². The third-order valence-corrected chi connectivity index (χ3v) is 2.07. The predicted octanol–water partition coefficient (Wildman–Crippen LogP) is 0.618. The SMILES string of the molecule is COC(=O)CCN(C)C(=O)c1cc(C)on1.